The number of benzene rings is 1. The van der Waals surface area contributed by atoms with Gasteiger partial charge in [0, 0.05) is 42.2 Å². The lowest BCUT2D eigenvalue weighted by atomic mass is 9.90. The molecule has 1 N–H and O–H groups in total. The van der Waals surface area contributed by atoms with Gasteiger partial charge in [-0.3, -0.25) is 4.79 Å². The second kappa shape index (κ2) is 6.81. The van der Waals surface area contributed by atoms with Crippen LogP contribution in [0.2, 0.25) is 0 Å². The van der Waals surface area contributed by atoms with E-state index in [-0.39, 0.29) is 5.43 Å². The maximum atomic E-state index is 13.2. The molecule has 6 heteroatoms. The lowest BCUT2D eigenvalue weighted by molar-refractivity contribution is 0.457. The first kappa shape index (κ1) is 18.1. The van der Waals surface area contributed by atoms with Crippen molar-refractivity contribution in [3.8, 4) is 11.3 Å². The molecule has 4 aromatic rings. The van der Waals surface area contributed by atoms with E-state index in [0.717, 1.165) is 70.7 Å². The molecule has 0 unspecified atom stereocenters. The van der Waals surface area contributed by atoms with E-state index < -0.39 is 0 Å². The average Bonchev–Trinajstić information content (AvgIpc) is 3.12. The largest absolute Gasteiger partial charge is 0.350 e. The monoisotopic (exact) mass is 387 g/mol. The highest BCUT2D eigenvalue weighted by atomic mass is 16.1. The molecule has 1 aliphatic rings. The van der Waals surface area contributed by atoms with Crippen LogP contribution in [0.25, 0.3) is 27.8 Å². The molecule has 0 amide bonds. The number of rotatable bonds is 2. The van der Waals surface area contributed by atoms with E-state index in [2.05, 4.69) is 20.9 Å². The first-order valence-corrected chi connectivity index (χ1v) is 10.2. The van der Waals surface area contributed by atoms with Crippen LogP contribution >= 0.6 is 0 Å². The van der Waals surface area contributed by atoms with Gasteiger partial charge in [-0.2, -0.15) is 0 Å². The Balaban J connectivity index is 1.64. The van der Waals surface area contributed by atoms with Crippen molar-refractivity contribution < 1.29 is 0 Å². The standard InChI is InChI=1S/C23H25N5O/c1-14-11-28-13-20(26-15(2)23(28)25-14)17-4-5-18-21(10-17)27(3)12-19(22(18)29)16-6-8-24-9-7-16/h4-5,10-13,16,24H,6-9H2,1-3H3. The molecule has 29 heavy (non-hydrogen) atoms. The summed E-state index contributed by atoms with van der Waals surface area (Å²) in [6.07, 6.45) is 8.09. The lowest BCUT2D eigenvalue weighted by Crippen LogP contribution is -2.29. The molecule has 1 aliphatic heterocycles. The molecular weight excluding hydrogens is 362 g/mol. The molecule has 148 valence electrons. The number of nitrogens with one attached hydrogen (secondary N) is 1. The summed E-state index contributed by atoms with van der Waals surface area (Å²) < 4.78 is 4.11. The fraction of sp³-hybridized carbons (Fsp3) is 0.348. The maximum Gasteiger partial charge on any atom is 0.192 e. The van der Waals surface area contributed by atoms with Crippen LogP contribution < -0.4 is 10.7 Å². The van der Waals surface area contributed by atoms with Crippen LogP contribution in [0.4, 0.5) is 0 Å². The molecule has 1 aromatic carbocycles. The first-order chi connectivity index (χ1) is 14.0. The number of hydrogen-bond acceptors (Lipinski definition) is 4. The van der Waals surface area contributed by atoms with Gasteiger partial charge in [0.05, 0.1) is 22.6 Å². The van der Waals surface area contributed by atoms with Gasteiger partial charge in [0.25, 0.3) is 0 Å². The van der Waals surface area contributed by atoms with E-state index in [9.17, 15) is 4.79 Å². The predicted octanol–water partition coefficient (Wildman–Crippen LogP) is 3.33. The van der Waals surface area contributed by atoms with E-state index in [1.54, 1.807) is 0 Å². The Hall–Kier alpha value is -2.99. The maximum absolute atomic E-state index is 13.2. The smallest absolute Gasteiger partial charge is 0.192 e. The summed E-state index contributed by atoms with van der Waals surface area (Å²) >= 11 is 0. The van der Waals surface area contributed by atoms with E-state index >= 15 is 0 Å². The van der Waals surface area contributed by atoms with Crippen LogP contribution in [-0.4, -0.2) is 32.0 Å². The van der Waals surface area contributed by atoms with Gasteiger partial charge in [0.15, 0.2) is 11.1 Å². The molecule has 0 saturated carbocycles. The molecule has 6 nitrogen and oxygen atoms in total. The van der Waals surface area contributed by atoms with Crippen molar-refractivity contribution in [1.82, 2.24) is 24.3 Å². The number of hydrogen-bond donors (Lipinski definition) is 1. The van der Waals surface area contributed by atoms with Crippen LogP contribution in [-0.2, 0) is 7.05 Å². The predicted molar refractivity (Wildman–Crippen MR) is 115 cm³/mol. The number of pyridine rings is 1. The Morgan fingerprint density at radius 3 is 2.66 bits per heavy atom. The highest BCUT2D eigenvalue weighted by Gasteiger charge is 2.20. The van der Waals surface area contributed by atoms with E-state index in [1.165, 1.54) is 0 Å². The van der Waals surface area contributed by atoms with Crippen molar-refractivity contribution in [2.45, 2.75) is 32.6 Å². The highest BCUT2D eigenvalue weighted by Crippen LogP contribution is 2.27. The number of nitrogens with zero attached hydrogens (tertiary/aromatic N) is 4. The lowest BCUT2D eigenvalue weighted by Gasteiger charge is -2.23. The zero-order valence-electron chi connectivity index (χ0n) is 17.1. The minimum absolute atomic E-state index is 0.168. The van der Waals surface area contributed by atoms with Crippen LogP contribution in [0, 0.1) is 13.8 Å². The van der Waals surface area contributed by atoms with Gasteiger partial charge in [-0.25, -0.2) is 9.97 Å². The third-order valence-corrected chi connectivity index (χ3v) is 6.02. The van der Waals surface area contributed by atoms with Crippen molar-refractivity contribution in [1.29, 1.82) is 0 Å². The third kappa shape index (κ3) is 3.04. The van der Waals surface area contributed by atoms with Gasteiger partial charge in [0.1, 0.15) is 0 Å². The van der Waals surface area contributed by atoms with Gasteiger partial charge in [-0.05, 0) is 57.8 Å². The summed E-state index contributed by atoms with van der Waals surface area (Å²) in [4.78, 5) is 22.5. The number of imidazole rings is 1. The van der Waals surface area contributed by atoms with Crippen LogP contribution in [0.3, 0.4) is 0 Å². The van der Waals surface area contributed by atoms with Crippen molar-refractivity contribution in [3.05, 3.63) is 64.0 Å². The minimum atomic E-state index is 0.168. The Labute approximate surface area is 169 Å². The Kier molecular flexibility index (Phi) is 4.24. The van der Waals surface area contributed by atoms with E-state index in [0.29, 0.717) is 5.92 Å². The Morgan fingerprint density at radius 1 is 1.07 bits per heavy atom. The topological polar surface area (TPSA) is 64.2 Å². The summed E-state index contributed by atoms with van der Waals surface area (Å²) in [6, 6.07) is 6.03. The second-order valence-corrected chi connectivity index (χ2v) is 8.11. The van der Waals surface area contributed by atoms with Gasteiger partial charge in [-0.1, -0.05) is 6.07 Å². The van der Waals surface area contributed by atoms with Gasteiger partial charge < -0.3 is 14.3 Å². The first-order valence-electron chi connectivity index (χ1n) is 10.2. The fourth-order valence-electron chi connectivity index (χ4n) is 4.50. The zero-order valence-corrected chi connectivity index (χ0v) is 17.1. The van der Waals surface area contributed by atoms with Crippen LogP contribution in [0.1, 0.15) is 35.7 Å². The average molecular weight is 387 g/mol. The molecule has 0 bridgehead atoms. The SMILES string of the molecule is Cc1cn2cc(-c3ccc4c(=O)c(C5CCNCC5)cn(C)c4c3)nc(C)c2n1. The second-order valence-electron chi connectivity index (χ2n) is 8.11. The third-order valence-electron chi connectivity index (χ3n) is 6.02. The summed E-state index contributed by atoms with van der Waals surface area (Å²) in [7, 11) is 2.03. The van der Waals surface area contributed by atoms with E-state index in [1.807, 2.05) is 56.0 Å². The highest BCUT2D eigenvalue weighted by molar-refractivity contribution is 5.84. The zero-order chi connectivity index (χ0) is 20.1. The molecule has 3 aromatic heterocycles. The normalized spacial score (nSPS) is 15.4. The number of aromatic nitrogens is 4. The molecule has 5 rings (SSSR count). The molecular formula is C23H25N5O. The fourth-order valence-corrected chi connectivity index (χ4v) is 4.50. The van der Waals surface area contributed by atoms with E-state index in [4.69, 9.17) is 4.98 Å². The number of piperidine rings is 1. The number of fused-ring (bicyclic) bond motifs is 2. The molecule has 0 atom stereocenters. The van der Waals surface area contributed by atoms with Crippen LogP contribution in [0.5, 0.6) is 0 Å². The Bertz CT molecular complexity index is 1290. The molecule has 0 aliphatic carbocycles. The summed E-state index contributed by atoms with van der Waals surface area (Å²) in [5.41, 5.74) is 6.67. The van der Waals surface area contributed by atoms with Crippen molar-refractivity contribution in [2.24, 2.45) is 7.05 Å². The molecule has 0 spiro atoms. The van der Waals surface area contributed by atoms with Gasteiger partial charge in [-0.15, -0.1) is 0 Å². The molecule has 0 radical (unpaired) electrons. The molecule has 1 fully saturated rings. The summed E-state index contributed by atoms with van der Waals surface area (Å²) in [5, 5.41) is 4.16. The molecule has 4 heterocycles. The van der Waals surface area contributed by atoms with Crippen molar-refractivity contribution >= 4 is 16.6 Å². The number of aryl methyl sites for hydroxylation is 3. The van der Waals surface area contributed by atoms with Gasteiger partial charge >= 0.3 is 0 Å². The Morgan fingerprint density at radius 2 is 1.86 bits per heavy atom. The molecule has 1 saturated heterocycles. The summed E-state index contributed by atoms with van der Waals surface area (Å²) in [6.45, 7) is 5.92. The van der Waals surface area contributed by atoms with Crippen molar-refractivity contribution in [2.75, 3.05) is 13.1 Å². The van der Waals surface area contributed by atoms with Crippen molar-refractivity contribution in [3.63, 3.8) is 0 Å². The minimum Gasteiger partial charge on any atom is -0.350 e. The van der Waals surface area contributed by atoms with Crippen LogP contribution in [0.15, 0.2) is 41.6 Å². The quantitative estimate of drug-likeness (QED) is 0.573. The summed E-state index contributed by atoms with van der Waals surface area (Å²) in [5.74, 6) is 0.343. The van der Waals surface area contributed by atoms with Gasteiger partial charge in [0.2, 0.25) is 0 Å².